The lowest BCUT2D eigenvalue weighted by Gasteiger charge is -2.08. The third-order valence-electron chi connectivity index (χ3n) is 2.96. The molecule has 0 aliphatic carbocycles. The zero-order valence-corrected chi connectivity index (χ0v) is 12.9. The smallest absolute Gasteiger partial charge is 0.271 e. The van der Waals surface area contributed by atoms with E-state index in [4.69, 9.17) is 0 Å². The van der Waals surface area contributed by atoms with Gasteiger partial charge in [-0.1, -0.05) is 25.1 Å². The van der Waals surface area contributed by atoms with Gasteiger partial charge in [-0.05, 0) is 29.5 Å². The van der Waals surface area contributed by atoms with Crippen LogP contribution in [0.25, 0.3) is 0 Å². The third-order valence-corrected chi connectivity index (χ3v) is 3.90. The number of rotatable bonds is 6. The van der Waals surface area contributed by atoms with Gasteiger partial charge in [0.1, 0.15) is 0 Å². The van der Waals surface area contributed by atoms with Gasteiger partial charge in [0.2, 0.25) is 0 Å². The van der Waals surface area contributed by atoms with Crippen LogP contribution in [0.4, 0.5) is 11.4 Å². The van der Waals surface area contributed by atoms with Crippen molar-refractivity contribution < 1.29 is 9.72 Å². The second-order valence-electron chi connectivity index (χ2n) is 4.60. The fourth-order valence-corrected chi connectivity index (χ4v) is 2.55. The van der Waals surface area contributed by atoms with Gasteiger partial charge in [-0.25, -0.2) is 0 Å². The highest BCUT2D eigenvalue weighted by atomic mass is 32.2. The molecule has 0 saturated carbocycles. The fourth-order valence-electron chi connectivity index (χ4n) is 1.95. The zero-order valence-electron chi connectivity index (χ0n) is 12.1. The average molecular weight is 316 g/mol. The Hall–Kier alpha value is -2.34. The van der Waals surface area contributed by atoms with Crippen LogP contribution in [0, 0.1) is 10.1 Å². The topological polar surface area (TPSA) is 72.2 Å². The van der Waals surface area contributed by atoms with E-state index < -0.39 is 4.92 Å². The Labute approximate surface area is 132 Å². The minimum Gasteiger partial charge on any atom is -0.322 e. The molecule has 6 heteroatoms. The highest BCUT2D eigenvalue weighted by Crippen LogP contribution is 2.24. The number of hydrogen-bond acceptors (Lipinski definition) is 4. The number of nitro groups is 1. The molecule has 0 unspecified atom stereocenters. The molecule has 0 bridgehead atoms. The van der Waals surface area contributed by atoms with Gasteiger partial charge in [-0.3, -0.25) is 14.9 Å². The number of carbonyl (C=O) groups is 1. The van der Waals surface area contributed by atoms with Gasteiger partial charge in [0.15, 0.2) is 0 Å². The summed E-state index contributed by atoms with van der Waals surface area (Å²) >= 11 is 1.67. The summed E-state index contributed by atoms with van der Waals surface area (Å²) in [7, 11) is 0. The van der Waals surface area contributed by atoms with Crippen molar-refractivity contribution in [2.24, 2.45) is 0 Å². The van der Waals surface area contributed by atoms with Crippen molar-refractivity contribution in [1.82, 2.24) is 0 Å². The summed E-state index contributed by atoms with van der Waals surface area (Å²) in [6.07, 6.45) is 0. The van der Waals surface area contributed by atoms with Crippen LogP contribution >= 0.6 is 11.8 Å². The van der Waals surface area contributed by atoms with Crippen LogP contribution in [0.15, 0.2) is 48.5 Å². The van der Waals surface area contributed by atoms with E-state index in [1.807, 2.05) is 13.0 Å². The Bertz CT molecular complexity index is 674. The molecule has 1 amide bonds. The monoisotopic (exact) mass is 316 g/mol. The van der Waals surface area contributed by atoms with Crippen molar-refractivity contribution in [1.29, 1.82) is 0 Å². The number of benzene rings is 2. The molecule has 0 radical (unpaired) electrons. The lowest BCUT2D eigenvalue weighted by atomic mass is 10.1. The molecular formula is C16H16N2O3S. The Morgan fingerprint density at radius 3 is 2.59 bits per heavy atom. The number of hydrogen-bond donors (Lipinski definition) is 1. The molecule has 0 saturated heterocycles. The number of thioether (sulfide) groups is 1. The first-order valence-electron chi connectivity index (χ1n) is 6.82. The van der Waals surface area contributed by atoms with Gasteiger partial charge in [0, 0.05) is 29.1 Å². The van der Waals surface area contributed by atoms with E-state index in [0.717, 1.165) is 11.3 Å². The summed E-state index contributed by atoms with van der Waals surface area (Å²) in [5.74, 6) is 1.32. The first-order valence-corrected chi connectivity index (χ1v) is 7.98. The van der Waals surface area contributed by atoms with E-state index in [2.05, 4.69) is 5.32 Å². The van der Waals surface area contributed by atoms with Gasteiger partial charge in [-0.2, -0.15) is 11.8 Å². The minimum atomic E-state index is -0.446. The maximum Gasteiger partial charge on any atom is 0.271 e. The molecule has 2 aromatic rings. The van der Waals surface area contributed by atoms with Crippen LogP contribution < -0.4 is 5.32 Å². The summed E-state index contributed by atoms with van der Waals surface area (Å²) in [6.45, 7) is 2.03. The van der Waals surface area contributed by atoms with E-state index in [-0.39, 0.29) is 11.6 Å². The first kappa shape index (κ1) is 16.0. The predicted octanol–water partition coefficient (Wildman–Crippen LogP) is 4.10. The summed E-state index contributed by atoms with van der Waals surface area (Å²) < 4.78 is 0. The third kappa shape index (κ3) is 4.33. The number of nitrogens with zero attached hydrogens (tertiary/aromatic N) is 1. The highest BCUT2D eigenvalue weighted by Gasteiger charge is 2.12. The zero-order chi connectivity index (χ0) is 15.9. The molecule has 0 aliphatic rings. The number of anilines is 1. The molecule has 1 N–H and O–H groups in total. The van der Waals surface area contributed by atoms with Crippen molar-refractivity contribution in [2.75, 3.05) is 11.1 Å². The molecule has 0 atom stereocenters. The molecule has 0 aliphatic heterocycles. The predicted molar refractivity (Wildman–Crippen MR) is 89.3 cm³/mol. The van der Waals surface area contributed by atoms with E-state index >= 15 is 0 Å². The molecular weight excluding hydrogens is 300 g/mol. The van der Waals surface area contributed by atoms with Crippen LogP contribution in [-0.4, -0.2) is 16.6 Å². The number of amides is 1. The van der Waals surface area contributed by atoms with Crippen molar-refractivity contribution in [3.63, 3.8) is 0 Å². The molecule has 0 fully saturated rings. The highest BCUT2D eigenvalue weighted by molar-refractivity contribution is 7.98. The van der Waals surface area contributed by atoms with Gasteiger partial charge in [0.25, 0.3) is 11.6 Å². The first-order chi connectivity index (χ1) is 10.6. The van der Waals surface area contributed by atoms with Crippen LogP contribution in [0.3, 0.4) is 0 Å². The van der Waals surface area contributed by atoms with Crippen LogP contribution in [0.5, 0.6) is 0 Å². The van der Waals surface area contributed by atoms with E-state index in [1.165, 1.54) is 6.07 Å². The lowest BCUT2D eigenvalue weighted by Crippen LogP contribution is -2.12. The SMILES string of the molecule is CCSCc1cc(NC(=O)c2ccccc2)cc([N+](=O)[O-])c1. The van der Waals surface area contributed by atoms with E-state index in [9.17, 15) is 14.9 Å². The van der Waals surface area contributed by atoms with Crippen molar-refractivity contribution in [3.05, 3.63) is 69.8 Å². The van der Waals surface area contributed by atoms with Crippen LogP contribution in [0.2, 0.25) is 0 Å². The number of non-ortho nitro benzene ring substituents is 1. The maximum atomic E-state index is 12.1. The Kier molecular flexibility index (Phi) is 5.55. The van der Waals surface area contributed by atoms with Gasteiger partial charge < -0.3 is 5.32 Å². The van der Waals surface area contributed by atoms with Gasteiger partial charge in [-0.15, -0.1) is 0 Å². The summed E-state index contributed by atoms with van der Waals surface area (Å²) in [6, 6.07) is 13.4. The quantitative estimate of drug-likeness (QED) is 0.643. The normalized spacial score (nSPS) is 10.2. The Morgan fingerprint density at radius 1 is 1.23 bits per heavy atom. The summed E-state index contributed by atoms with van der Waals surface area (Å²) in [5.41, 5.74) is 1.76. The lowest BCUT2D eigenvalue weighted by molar-refractivity contribution is -0.384. The largest absolute Gasteiger partial charge is 0.322 e. The van der Waals surface area contributed by atoms with E-state index in [0.29, 0.717) is 17.0 Å². The number of nitro benzene ring substituents is 1. The number of nitrogens with one attached hydrogen (secondary N) is 1. The maximum absolute atomic E-state index is 12.1. The fraction of sp³-hybridized carbons (Fsp3) is 0.188. The average Bonchev–Trinajstić information content (AvgIpc) is 2.53. The Morgan fingerprint density at radius 2 is 1.95 bits per heavy atom. The molecule has 2 aromatic carbocycles. The van der Waals surface area contributed by atoms with Crippen LogP contribution in [-0.2, 0) is 5.75 Å². The van der Waals surface area contributed by atoms with Crippen LogP contribution in [0.1, 0.15) is 22.8 Å². The molecule has 0 spiro atoms. The van der Waals surface area contributed by atoms with Crippen molar-refractivity contribution in [2.45, 2.75) is 12.7 Å². The minimum absolute atomic E-state index is 0.0161. The van der Waals surface area contributed by atoms with Crippen molar-refractivity contribution >= 4 is 29.0 Å². The molecule has 5 nitrogen and oxygen atoms in total. The molecule has 22 heavy (non-hydrogen) atoms. The molecule has 2 rings (SSSR count). The number of carbonyl (C=O) groups excluding carboxylic acids is 1. The van der Waals surface area contributed by atoms with Gasteiger partial charge >= 0.3 is 0 Å². The molecule has 0 aromatic heterocycles. The molecule has 0 heterocycles. The van der Waals surface area contributed by atoms with Gasteiger partial charge in [0.05, 0.1) is 4.92 Å². The van der Waals surface area contributed by atoms with E-state index in [1.54, 1.807) is 48.2 Å². The van der Waals surface area contributed by atoms with Crippen molar-refractivity contribution in [3.8, 4) is 0 Å². The Balaban J connectivity index is 2.23. The summed E-state index contributed by atoms with van der Waals surface area (Å²) in [5, 5.41) is 13.7. The molecule has 114 valence electrons. The second-order valence-corrected chi connectivity index (χ2v) is 5.88. The standard InChI is InChI=1S/C16H16N2O3S/c1-2-22-11-12-8-14(10-15(9-12)18(20)21)17-16(19)13-6-4-3-5-7-13/h3-10H,2,11H2,1H3,(H,17,19). The second kappa shape index (κ2) is 7.61. The summed E-state index contributed by atoms with van der Waals surface area (Å²) in [4.78, 5) is 22.7.